The Morgan fingerprint density at radius 2 is 1.88 bits per heavy atom. The summed E-state index contributed by atoms with van der Waals surface area (Å²) in [4.78, 5) is 10.9. The average Bonchev–Trinajstić information content (AvgIpc) is 2.23. The fourth-order valence-electron chi connectivity index (χ4n) is 1.73. The molecule has 0 amide bonds. The first-order valence-corrected chi connectivity index (χ1v) is 5.45. The lowest BCUT2D eigenvalue weighted by Crippen LogP contribution is -2.19. The molecule has 0 saturated carbocycles. The van der Waals surface area contributed by atoms with Gasteiger partial charge in [-0.15, -0.1) is 0 Å². The van der Waals surface area contributed by atoms with Gasteiger partial charge in [-0.1, -0.05) is 0 Å². The summed E-state index contributed by atoms with van der Waals surface area (Å²) in [6, 6.07) is 3.23. The van der Waals surface area contributed by atoms with Crippen LogP contribution in [0.5, 0.6) is 5.75 Å². The molecule has 17 heavy (non-hydrogen) atoms. The molecule has 0 radical (unpaired) electrons. The number of methoxy groups -OCH3 is 1. The number of rotatable bonds is 5. The Balaban J connectivity index is 2.97. The molecule has 0 aliphatic carbocycles. The van der Waals surface area contributed by atoms with Gasteiger partial charge in [0, 0.05) is 7.11 Å². The summed E-state index contributed by atoms with van der Waals surface area (Å²) in [6.07, 6.45) is -0.0620. The molecule has 0 bridgehead atoms. The first-order valence-electron chi connectivity index (χ1n) is 5.45. The monoisotopic (exact) mass is 238 g/mol. The van der Waals surface area contributed by atoms with Gasteiger partial charge in [0.15, 0.2) is 0 Å². The van der Waals surface area contributed by atoms with Gasteiger partial charge in [0.2, 0.25) is 0 Å². The molecular weight excluding hydrogens is 220 g/mol. The Morgan fingerprint density at radius 3 is 2.29 bits per heavy atom. The molecule has 4 nitrogen and oxygen atoms in total. The first kappa shape index (κ1) is 13.5. The molecule has 1 aromatic carbocycles. The normalized spacial score (nSPS) is 12.2. The van der Waals surface area contributed by atoms with E-state index < -0.39 is 5.97 Å². The number of hydrogen-bond acceptors (Lipinski definition) is 3. The highest BCUT2D eigenvalue weighted by molar-refractivity contribution is 5.88. The molecule has 0 aromatic heterocycles. The van der Waals surface area contributed by atoms with Crippen molar-refractivity contribution >= 4 is 5.97 Å². The van der Waals surface area contributed by atoms with E-state index in [1.165, 1.54) is 0 Å². The molecule has 1 aromatic rings. The minimum absolute atomic E-state index is 0.0620. The number of hydrogen-bond donors (Lipinski definition) is 1. The summed E-state index contributed by atoms with van der Waals surface area (Å²) in [5.41, 5.74) is 1.93. The fraction of sp³-hybridized carbons (Fsp3) is 0.462. The van der Waals surface area contributed by atoms with Crippen LogP contribution in [0.25, 0.3) is 0 Å². The van der Waals surface area contributed by atoms with E-state index in [9.17, 15) is 4.79 Å². The van der Waals surface area contributed by atoms with Crippen LogP contribution in [0.3, 0.4) is 0 Å². The van der Waals surface area contributed by atoms with Gasteiger partial charge in [-0.2, -0.15) is 0 Å². The van der Waals surface area contributed by atoms with Crippen molar-refractivity contribution in [1.29, 1.82) is 0 Å². The molecule has 0 spiro atoms. The van der Waals surface area contributed by atoms with Crippen LogP contribution in [0.15, 0.2) is 12.1 Å². The lowest BCUT2D eigenvalue weighted by molar-refractivity contribution is 0.0696. The molecule has 1 N–H and O–H groups in total. The third-order valence-corrected chi connectivity index (χ3v) is 2.43. The maximum atomic E-state index is 10.9. The zero-order chi connectivity index (χ0) is 13.0. The Hall–Kier alpha value is -1.55. The van der Waals surface area contributed by atoms with Crippen LogP contribution in [0.2, 0.25) is 0 Å². The molecule has 1 rings (SSSR count). The number of benzene rings is 1. The second kappa shape index (κ2) is 5.68. The van der Waals surface area contributed by atoms with Crippen molar-refractivity contribution in [2.45, 2.75) is 26.9 Å². The molecule has 0 saturated heterocycles. The number of aryl methyl sites for hydroxylation is 2. The van der Waals surface area contributed by atoms with Gasteiger partial charge in [-0.25, -0.2) is 4.79 Å². The van der Waals surface area contributed by atoms with Crippen molar-refractivity contribution in [3.8, 4) is 5.75 Å². The molecular formula is C13H18O4. The van der Waals surface area contributed by atoms with Crippen LogP contribution in [0.1, 0.15) is 28.4 Å². The SMILES string of the molecule is COCC(C)Oc1c(C)cc(C(=O)O)cc1C. The standard InChI is InChI=1S/C13H18O4/c1-8-5-11(13(14)15)6-9(2)12(8)17-10(3)7-16-4/h5-6,10H,7H2,1-4H3,(H,14,15). The van der Waals surface area contributed by atoms with E-state index in [1.54, 1.807) is 19.2 Å². The van der Waals surface area contributed by atoms with Gasteiger partial charge in [0.1, 0.15) is 11.9 Å². The van der Waals surface area contributed by atoms with Crippen molar-refractivity contribution in [1.82, 2.24) is 0 Å². The van der Waals surface area contributed by atoms with Crippen molar-refractivity contribution in [2.24, 2.45) is 0 Å². The molecule has 0 heterocycles. The summed E-state index contributed by atoms with van der Waals surface area (Å²) in [7, 11) is 1.62. The lowest BCUT2D eigenvalue weighted by Gasteiger charge is -2.18. The Kier molecular flexibility index (Phi) is 4.52. The van der Waals surface area contributed by atoms with Gasteiger partial charge in [-0.3, -0.25) is 0 Å². The first-order chi connectivity index (χ1) is 7.95. The third kappa shape index (κ3) is 3.46. The molecule has 0 aliphatic heterocycles. The third-order valence-electron chi connectivity index (χ3n) is 2.43. The highest BCUT2D eigenvalue weighted by atomic mass is 16.5. The largest absolute Gasteiger partial charge is 0.488 e. The second-order valence-corrected chi connectivity index (χ2v) is 4.13. The second-order valence-electron chi connectivity index (χ2n) is 4.13. The maximum Gasteiger partial charge on any atom is 0.335 e. The van der Waals surface area contributed by atoms with Gasteiger partial charge < -0.3 is 14.6 Å². The highest BCUT2D eigenvalue weighted by Gasteiger charge is 2.12. The zero-order valence-electron chi connectivity index (χ0n) is 10.6. The summed E-state index contributed by atoms with van der Waals surface area (Å²) in [5.74, 6) is -0.188. The topological polar surface area (TPSA) is 55.8 Å². The Morgan fingerprint density at radius 1 is 1.35 bits per heavy atom. The van der Waals surface area contributed by atoms with E-state index in [1.807, 2.05) is 20.8 Å². The van der Waals surface area contributed by atoms with E-state index in [-0.39, 0.29) is 11.7 Å². The van der Waals surface area contributed by atoms with E-state index in [0.29, 0.717) is 6.61 Å². The summed E-state index contributed by atoms with van der Waals surface area (Å²) in [5, 5.41) is 8.93. The number of ether oxygens (including phenoxy) is 2. The van der Waals surface area contributed by atoms with Crippen LogP contribution in [-0.4, -0.2) is 30.9 Å². The minimum atomic E-state index is -0.923. The van der Waals surface area contributed by atoms with E-state index in [2.05, 4.69) is 0 Å². The molecule has 1 unspecified atom stereocenters. The predicted octanol–water partition coefficient (Wildman–Crippen LogP) is 2.42. The van der Waals surface area contributed by atoms with E-state index in [0.717, 1.165) is 16.9 Å². The number of aromatic carboxylic acids is 1. The maximum absolute atomic E-state index is 10.9. The average molecular weight is 238 g/mol. The van der Waals surface area contributed by atoms with Gasteiger partial charge in [0.05, 0.1) is 12.2 Å². The molecule has 1 atom stereocenters. The Bertz CT molecular complexity index is 389. The van der Waals surface area contributed by atoms with Crippen molar-refractivity contribution in [3.63, 3.8) is 0 Å². The van der Waals surface area contributed by atoms with Crippen LogP contribution in [-0.2, 0) is 4.74 Å². The summed E-state index contributed by atoms with van der Waals surface area (Å²) < 4.78 is 10.7. The van der Waals surface area contributed by atoms with Crippen molar-refractivity contribution < 1.29 is 19.4 Å². The van der Waals surface area contributed by atoms with Gasteiger partial charge >= 0.3 is 5.97 Å². The van der Waals surface area contributed by atoms with Crippen LogP contribution < -0.4 is 4.74 Å². The van der Waals surface area contributed by atoms with Crippen LogP contribution >= 0.6 is 0 Å². The number of carbonyl (C=O) groups is 1. The molecule has 4 heteroatoms. The van der Waals surface area contributed by atoms with Crippen molar-refractivity contribution in [2.75, 3.05) is 13.7 Å². The summed E-state index contributed by atoms with van der Waals surface area (Å²) >= 11 is 0. The van der Waals surface area contributed by atoms with Crippen LogP contribution in [0, 0.1) is 13.8 Å². The zero-order valence-corrected chi connectivity index (χ0v) is 10.6. The molecule has 94 valence electrons. The smallest absolute Gasteiger partial charge is 0.335 e. The lowest BCUT2D eigenvalue weighted by atomic mass is 10.1. The van der Waals surface area contributed by atoms with Gasteiger partial charge in [-0.05, 0) is 44.0 Å². The quantitative estimate of drug-likeness (QED) is 0.855. The summed E-state index contributed by atoms with van der Waals surface area (Å²) in [6.45, 7) is 6.09. The predicted molar refractivity (Wildman–Crippen MR) is 64.8 cm³/mol. The number of carboxylic acid groups (broad SMARTS) is 1. The number of carboxylic acids is 1. The van der Waals surface area contributed by atoms with E-state index in [4.69, 9.17) is 14.6 Å². The van der Waals surface area contributed by atoms with Gasteiger partial charge in [0.25, 0.3) is 0 Å². The minimum Gasteiger partial charge on any atom is -0.488 e. The highest BCUT2D eigenvalue weighted by Crippen LogP contribution is 2.25. The van der Waals surface area contributed by atoms with Crippen LogP contribution in [0.4, 0.5) is 0 Å². The fourth-order valence-corrected chi connectivity index (χ4v) is 1.73. The molecule has 0 fully saturated rings. The van der Waals surface area contributed by atoms with E-state index >= 15 is 0 Å². The van der Waals surface area contributed by atoms with Crippen molar-refractivity contribution in [3.05, 3.63) is 28.8 Å². The Labute approximate surface area is 101 Å². The molecule has 0 aliphatic rings.